The third kappa shape index (κ3) is 2.73. The Bertz CT molecular complexity index is 805. The fraction of sp³-hybridized carbons (Fsp3) is 0.188. The van der Waals surface area contributed by atoms with Gasteiger partial charge in [-0.2, -0.15) is 0 Å². The number of hydrogen-bond acceptors (Lipinski definition) is 4. The Kier molecular flexibility index (Phi) is 3.68. The van der Waals surface area contributed by atoms with Crippen LogP contribution in [0.5, 0.6) is 0 Å². The second-order valence-corrected chi connectivity index (χ2v) is 5.61. The van der Waals surface area contributed by atoms with E-state index in [9.17, 15) is 9.90 Å². The van der Waals surface area contributed by atoms with Gasteiger partial charge in [0.25, 0.3) is 5.91 Å². The van der Waals surface area contributed by atoms with Crippen molar-refractivity contribution in [1.29, 1.82) is 0 Å². The number of para-hydroxylation sites is 1. The van der Waals surface area contributed by atoms with Crippen LogP contribution in [0.25, 0.3) is 11.0 Å². The van der Waals surface area contributed by atoms with Gasteiger partial charge in [0, 0.05) is 5.39 Å². The Labute approximate surface area is 131 Å². The first-order valence-corrected chi connectivity index (χ1v) is 7.08. The molecule has 5 nitrogen and oxygen atoms in total. The minimum atomic E-state index is -1.30. The van der Waals surface area contributed by atoms with E-state index in [2.05, 4.69) is 5.32 Å². The van der Waals surface area contributed by atoms with Crippen LogP contribution in [-0.2, 0) is 5.60 Å². The number of benzene rings is 1. The first-order valence-electron chi connectivity index (χ1n) is 6.70. The molecule has 1 amide bonds. The molecule has 0 spiro atoms. The van der Waals surface area contributed by atoms with Crippen LogP contribution in [0.1, 0.15) is 23.2 Å². The molecular formula is C16H14ClNO4. The van der Waals surface area contributed by atoms with Gasteiger partial charge in [-0.1, -0.05) is 23.7 Å². The second-order valence-electron chi connectivity index (χ2n) is 5.20. The lowest BCUT2D eigenvalue weighted by molar-refractivity contribution is 0.0326. The third-order valence-corrected chi connectivity index (χ3v) is 3.66. The fourth-order valence-electron chi connectivity index (χ4n) is 2.15. The zero-order valence-electron chi connectivity index (χ0n) is 11.8. The molecule has 0 aliphatic carbocycles. The SMILES string of the molecule is CC(O)(CNC(=O)c1cc2cccc(Cl)c2o1)c1ccco1. The van der Waals surface area contributed by atoms with Crippen molar-refractivity contribution in [3.8, 4) is 0 Å². The van der Waals surface area contributed by atoms with Crippen LogP contribution in [0.15, 0.2) is 51.5 Å². The number of nitrogens with one attached hydrogen (secondary N) is 1. The van der Waals surface area contributed by atoms with Gasteiger partial charge in [-0.15, -0.1) is 0 Å². The summed E-state index contributed by atoms with van der Waals surface area (Å²) in [5, 5.41) is 14.1. The lowest BCUT2D eigenvalue weighted by Crippen LogP contribution is -2.38. The standard InChI is InChI=1S/C16H14ClNO4/c1-16(20,13-6-3-7-21-13)9-18-15(19)12-8-10-4-2-5-11(17)14(10)22-12/h2-8,20H,9H2,1H3,(H,18,19). The third-order valence-electron chi connectivity index (χ3n) is 3.37. The molecule has 114 valence electrons. The predicted molar refractivity (Wildman–Crippen MR) is 81.8 cm³/mol. The van der Waals surface area contributed by atoms with Crippen molar-refractivity contribution in [2.24, 2.45) is 0 Å². The first-order chi connectivity index (χ1) is 10.5. The van der Waals surface area contributed by atoms with Crippen molar-refractivity contribution in [1.82, 2.24) is 5.32 Å². The van der Waals surface area contributed by atoms with Gasteiger partial charge in [0.05, 0.1) is 17.8 Å². The molecule has 3 aromatic rings. The summed E-state index contributed by atoms with van der Waals surface area (Å²) >= 11 is 6.01. The second kappa shape index (κ2) is 5.51. The molecule has 0 saturated heterocycles. The molecule has 2 N–H and O–H groups in total. The maximum absolute atomic E-state index is 12.2. The highest BCUT2D eigenvalue weighted by molar-refractivity contribution is 6.34. The van der Waals surface area contributed by atoms with Gasteiger partial charge in [0.1, 0.15) is 11.4 Å². The summed E-state index contributed by atoms with van der Waals surface area (Å²) in [7, 11) is 0. The molecule has 2 aromatic heterocycles. The minimum Gasteiger partial charge on any atom is -0.466 e. The Morgan fingerprint density at radius 1 is 1.36 bits per heavy atom. The van der Waals surface area contributed by atoms with Crippen LogP contribution in [-0.4, -0.2) is 17.6 Å². The number of furan rings is 2. The number of carbonyl (C=O) groups excluding carboxylic acids is 1. The van der Waals surface area contributed by atoms with Crippen molar-refractivity contribution in [2.75, 3.05) is 6.54 Å². The Hall–Kier alpha value is -2.24. The largest absolute Gasteiger partial charge is 0.466 e. The molecule has 0 saturated carbocycles. The number of hydrogen-bond donors (Lipinski definition) is 2. The number of rotatable bonds is 4. The zero-order valence-corrected chi connectivity index (χ0v) is 12.6. The van der Waals surface area contributed by atoms with Crippen LogP contribution in [0.2, 0.25) is 5.02 Å². The molecule has 0 aliphatic heterocycles. The van der Waals surface area contributed by atoms with Crippen LogP contribution in [0.3, 0.4) is 0 Å². The molecular weight excluding hydrogens is 306 g/mol. The molecule has 0 fully saturated rings. The topological polar surface area (TPSA) is 75.6 Å². The molecule has 1 aromatic carbocycles. The van der Waals surface area contributed by atoms with E-state index in [0.717, 1.165) is 5.39 Å². The smallest absolute Gasteiger partial charge is 0.287 e. The van der Waals surface area contributed by atoms with E-state index < -0.39 is 11.5 Å². The molecule has 0 radical (unpaired) electrons. The van der Waals surface area contributed by atoms with Crippen molar-refractivity contribution in [3.63, 3.8) is 0 Å². The molecule has 0 bridgehead atoms. The van der Waals surface area contributed by atoms with Crippen LogP contribution < -0.4 is 5.32 Å². The van der Waals surface area contributed by atoms with Gasteiger partial charge in [-0.25, -0.2) is 0 Å². The summed E-state index contributed by atoms with van der Waals surface area (Å²) in [6.07, 6.45) is 1.47. The van der Waals surface area contributed by atoms with Gasteiger partial charge in [0.2, 0.25) is 0 Å². The molecule has 1 unspecified atom stereocenters. The van der Waals surface area contributed by atoms with E-state index in [0.29, 0.717) is 16.4 Å². The monoisotopic (exact) mass is 319 g/mol. The molecule has 2 heterocycles. The first kappa shape index (κ1) is 14.7. The Morgan fingerprint density at radius 3 is 2.86 bits per heavy atom. The van der Waals surface area contributed by atoms with E-state index in [1.54, 1.807) is 43.3 Å². The van der Waals surface area contributed by atoms with Crippen molar-refractivity contribution < 1.29 is 18.7 Å². The number of amides is 1. The van der Waals surface area contributed by atoms with E-state index in [-0.39, 0.29) is 12.3 Å². The number of carbonyl (C=O) groups is 1. The zero-order chi connectivity index (χ0) is 15.7. The Morgan fingerprint density at radius 2 is 2.18 bits per heavy atom. The molecule has 6 heteroatoms. The van der Waals surface area contributed by atoms with Gasteiger partial charge in [-0.05, 0) is 31.2 Å². The average molecular weight is 320 g/mol. The minimum absolute atomic E-state index is 0.00980. The summed E-state index contributed by atoms with van der Waals surface area (Å²) in [6.45, 7) is 1.55. The van der Waals surface area contributed by atoms with Crippen molar-refractivity contribution in [2.45, 2.75) is 12.5 Å². The molecule has 1 atom stereocenters. The fourth-order valence-corrected chi connectivity index (χ4v) is 2.37. The van der Waals surface area contributed by atoms with Gasteiger partial charge < -0.3 is 19.3 Å². The van der Waals surface area contributed by atoms with E-state index >= 15 is 0 Å². The predicted octanol–water partition coefficient (Wildman–Crippen LogP) is 3.32. The lowest BCUT2D eigenvalue weighted by Gasteiger charge is -2.20. The number of aliphatic hydroxyl groups is 1. The van der Waals surface area contributed by atoms with Crippen molar-refractivity contribution >= 4 is 28.5 Å². The highest BCUT2D eigenvalue weighted by Gasteiger charge is 2.27. The van der Waals surface area contributed by atoms with E-state index in [1.807, 2.05) is 0 Å². The summed E-state index contributed by atoms with van der Waals surface area (Å²) in [4.78, 5) is 12.2. The van der Waals surface area contributed by atoms with Crippen LogP contribution in [0.4, 0.5) is 0 Å². The quantitative estimate of drug-likeness (QED) is 0.773. The highest BCUT2D eigenvalue weighted by Crippen LogP contribution is 2.26. The number of fused-ring (bicyclic) bond motifs is 1. The van der Waals surface area contributed by atoms with Crippen molar-refractivity contribution in [3.05, 3.63) is 59.2 Å². The summed E-state index contributed by atoms with van der Waals surface area (Å²) in [6, 6.07) is 10.2. The maximum Gasteiger partial charge on any atom is 0.287 e. The summed E-state index contributed by atoms with van der Waals surface area (Å²) in [5.41, 5.74) is -0.838. The van der Waals surface area contributed by atoms with Gasteiger partial charge in [0.15, 0.2) is 11.3 Å². The average Bonchev–Trinajstić information content (AvgIpc) is 3.14. The van der Waals surface area contributed by atoms with Crippen LogP contribution >= 0.6 is 11.6 Å². The van der Waals surface area contributed by atoms with E-state index in [4.69, 9.17) is 20.4 Å². The van der Waals surface area contributed by atoms with E-state index in [1.165, 1.54) is 6.26 Å². The molecule has 3 rings (SSSR count). The van der Waals surface area contributed by atoms with Crippen LogP contribution in [0, 0.1) is 0 Å². The number of halogens is 1. The molecule has 22 heavy (non-hydrogen) atoms. The molecule has 0 aliphatic rings. The maximum atomic E-state index is 12.2. The normalized spacial score (nSPS) is 14.0. The summed E-state index contributed by atoms with van der Waals surface area (Å²) in [5.74, 6) is 0.0814. The highest BCUT2D eigenvalue weighted by atomic mass is 35.5. The summed E-state index contributed by atoms with van der Waals surface area (Å²) < 4.78 is 10.6. The van der Waals surface area contributed by atoms with Gasteiger partial charge >= 0.3 is 0 Å². The Balaban J connectivity index is 1.75. The van der Waals surface area contributed by atoms with Gasteiger partial charge in [-0.3, -0.25) is 4.79 Å². The lowest BCUT2D eigenvalue weighted by atomic mass is 10.0.